The van der Waals surface area contributed by atoms with Gasteiger partial charge in [0.15, 0.2) is 5.69 Å². The average molecular weight is 1350 g/mol. The van der Waals surface area contributed by atoms with Crippen LogP contribution in [0, 0.1) is 34.3 Å². The van der Waals surface area contributed by atoms with Gasteiger partial charge >= 0.3 is 37.1 Å². The number of halogens is 18. The Morgan fingerprint density at radius 3 is 0.990 bits per heavy atom. The summed E-state index contributed by atoms with van der Waals surface area (Å²) in [5.74, 6) is 0. The third-order valence-electron chi connectivity index (χ3n) is 17.3. The van der Waals surface area contributed by atoms with Gasteiger partial charge < -0.3 is 9.13 Å². The predicted octanol–water partition coefficient (Wildman–Crippen LogP) is 25.8. The average Bonchev–Trinajstić information content (AvgIpc) is 1.54. The molecule has 11 aromatic carbocycles. The number of aryl methyl sites for hydroxylation is 4. The molecule has 3 nitrogen and oxygen atoms in total. The van der Waals surface area contributed by atoms with E-state index in [4.69, 9.17) is 6.57 Å². The lowest BCUT2D eigenvalue weighted by molar-refractivity contribution is -0.143. The topological polar surface area (TPSA) is 14.2 Å². The third-order valence-corrected chi connectivity index (χ3v) is 17.3. The molecule has 0 bridgehead atoms. The summed E-state index contributed by atoms with van der Waals surface area (Å²) in [6.07, 6.45) is -29.8. The second-order valence-corrected chi connectivity index (χ2v) is 24.2. The van der Waals surface area contributed by atoms with Crippen molar-refractivity contribution in [3.63, 3.8) is 0 Å². The molecule has 0 spiro atoms. The van der Waals surface area contributed by atoms with Crippen molar-refractivity contribution in [2.75, 3.05) is 0 Å². The molecule has 13 aromatic rings. The lowest BCUT2D eigenvalue weighted by Crippen LogP contribution is -2.11. The van der Waals surface area contributed by atoms with Crippen LogP contribution in [0.5, 0.6) is 0 Å². The molecule has 0 atom stereocenters. The number of rotatable bonds is 8. The van der Waals surface area contributed by atoms with Gasteiger partial charge in [0.1, 0.15) is 0 Å². The number of alkyl halides is 18. The molecule has 0 aliphatic carbocycles. The van der Waals surface area contributed by atoms with Gasteiger partial charge in [0.25, 0.3) is 0 Å². The van der Waals surface area contributed by atoms with E-state index in [2.05, 4.69) is 4.85 Å². The van der Waals surface area contributed by atoms with Gasteiger partial charge in [-0.3, -0.25) is 0 Å². The van der Waals surface area contributed by atoms with Gasteiger partial charge in [-0.05, 0) is 245 Å². The Kier molecular flexibility index (Phi) is 15.6. The Labute approximate surface area is 545 Å². The molecule has 0 fully saturated rings. The van der Waals surface area contributed by atoms with Crippen molar-refractivity contribution in [1.29, 1.82) is 0 Å². The second-order valence-electron chi connectivity index (χ2n) is 24.2. The zero-order chi connectivity index (χ0) is 70.2. The van der Waals surface area contributed by atoms with Crippen LogP contribution in [0.25, 0.3) is 127 Å². The van der Waals surface area contributed by atoms with E-state index in [1.165, 1.54) is 131 Å². The van der Waals surface area contributed by atoms with Gasteiger partial charge in [-0.25, -0.2) is 4.85 Å². The van der Waals surface area contributed by atoms with Crippen molar-refractivity contribution >= 4 is 49.3 Å². The fourth-order valence-corrected chi connectivity index (χ4v) is 13.0. The molecule has 0 aliphatic heterocycles. The number of nitrogens with zero attached hydrogens (tertiary/aromatic N) is 3. The Hall–Kier alpha value is -10.8. The molecule has 0 aliphatic rings. The van der Waals surface area contributed by atoms with E-state index < -0.39 is 76.0 Å². The summed E-state index contributed by atoms with van der Waals surface area (Å²) >= 11 is 0. The van der Waals surface area contributed by atoms with Crippen molar-refractivity contribution in [1.82, 2.24) is 9.13 Å². The van der Waals surface area contributed by atoms with Crippen molar-refractivity contribution in [3.05, 3.63) is 267 Å². The molecule has 0 N–H and O–H groups in total. The molecule has 0 unspecified atom stereocenters. The summed E-state index contributed by atoms with van der Waals surface area (Å²) in [4.78, 5) is 3.72. The standard InChI is InChI=1S/C77H45F18N3/c1-39-6-13-59(66(26-39)77(93,94)95)58-14-12-57(97-67-15-7-43(47-20-40(2)23-51(27-47)72(78,79)80)32-61(67)62-35-46(8-16-68(62)97)50-30-54(75(87,88)89)36-55(31-50)76(90,91)92)38-60(58)65-37-56(96-5)11-19-71(65)98-69-17-9-44(48-21-41(3)24-52(28-48)73(81,82)83)33-63(69)64-34-45(10-18-70(64)98)49-22-42(4)25-53(29-49)74(84,85)86/h6-38H,1-4H3. The molecular formula is C77H45F18N3. The van der Waals surface area contributed by atoms with Crippen molar-refractivity contribution < 1.29 is 79.0 Å². The highest BCUT2D eigenvalue weighted by atomic mass is 19.4. The maximum Gasteiger partial charge on any atom is 0.417 e. The molecule has 2 heterocycles. The number of aromatic nitrogens is 2. The summed E-state index contributed by atoms with van der Waals surface area (Å²) in [6.45, 7) is 14.2. The normalized spacial score (nSPS) is 12.8. The van der Waals surface area contributed by atoms with Crippen LogP contribution in [-0.4, -0.2) is 9.13 Å². The maximum atomic E-state index is 15.6. The van der Waals surface area contributed by atoms with E-state index in [-0.39, 0.29) is 117 Å². The zero-order valence-electron chi connectivity index (χ0n) is 51.2. The van der Waals surface area contributed by atoms with Gasteiger partial charge in [-0.15, -0.1) is 0 Å². The Morgan fingerprint density at radius 1 is 0.265 bits per heavy atom. The molecule has 21 heteroatoms. The van der Waals surface area contributed by atoms with Crippen LogP contribution in [-0.2, 0) is 37.1 Å². The van der Waals surface area contributed by atoms with Crippen LogP contribution in [0.15, 0.2) is 200 Å². The van der Waals surface area contributed by atoms with Crippen LogP contribution in [0.1, 0.15) is 55.6 Å². The van der Waals surface area contributed by atoms with Gasteiger partial charge in [0.2, 0.25) is 0 Å². The Morgan fingerprint density at radius 2 is 0.622 bits per heavy atom. The first-order valence-corrected chi connectivity index (χ1v) is 29.8. The monoisotopic (exact) mass is 1350 g/mol. The van der Waals surface area contributed by atoms with Crippen LogP contribution in [0.4, 0.5) is 84.7 Å². The first-order chi connectivity index (χ1) is 45.9. The van der Waals surface area contributed by atoms with Crippen LogP contribution >= 0.6 is 0 Å². The summed E-state index contributed by atoms with van der Waals surface area (Å²) in [5.41, 5.74) is -4.59. The highest BCUT2D eigenvalue weighted by molar-refractivity contribution is 6.14. The van der Waals surface area contributed by atoms with E-state index >= 15 is 13.2 Å². The quantitative estimate of drug-likeness (QED) is 0.106. The number of benzene rings is 11. The van der Waals surface area contributed by atoms with Gasteiger partial charge in [-0.2, -0.15) is 79.0 Å². The van der Waals surface area contributed by atoms with Crippen LogP contribution in [0.3, 0.4) is 0 Å². The lowest BCUT2D eigenvalue weighted by Gasteiger charge is -2.21. The highest BCUT2D eigenvalue weighted by Gasteiger charge is 2.39. The molecule has 0 saturated carbocycles. The van der Waals surface area contributed by atoms with Crippen molar-refractivity contribution in [2.24, 2.45) is 0 Å². The Balaban J connectivity index is 1.11. The summed E-state index contributed by atoms with van der Waals surface area (Å²) in [7, 11) is 0. The summed E-state index contributed by atoms with van der Waals surface area (Å²) in [6, 6.07) is 41.8. The fourth-order valence-electron chi connectivity index (χ4n) is 13.0. The van der Waals surface area contributed by atoms with Crippen LogP contribution < -0.4 is 0 Å². The minimum absolute atomic E-state index is 0.0193. The van der Waals surface area contributed by atoms with Gasteiger partial charge in [0.05, 0.1) is 67.7 Å². The first kappa shape index (κ1) is 65.9. The summed E-state index contributed by atoms with van der Waals surface area (Å²) < 4.78 is 266. The SMILES string of the molecule is [C-]#[N+]c1ccc(-n2c3ccc(-c4cc(C)cc(C(F)(F)F)c4)cc3c3cc(-c4cc(C)cc(C(F)(F)F)c4)ccc32)c(-c2cc(-n3c4ccc(-c5cc(C)cc(C(F)(F)F)c5)cc4c4cc(-c5cc(C(F)(F)F)cc(C(F)(F)F)c5)ccc43)ccc2-c2ccc(C)cc2C(F)(F)F)c1. The zero-order valence-corrected chi connectivity index (χ0v) is 51.2. The van der Waals surface area contributed by atoms with E-state index in [0.717, 1.165) is 42.5 Å². The molecule has 0 radical (unpaired) electrons. The van der Waals surface area contributed by atoms with Crippen molar-refractivity contribution in [3.8, 4) is 78.1 Å². The first-order valence-electron chi connectivity index (χ1n) is 29.8. The van der Waals surface area contributed by atoms with Gasteiger partial charge in [0, 0.05) is 27.2 Å². The molecule has 2 aromatic heterocycles. The fraction of sp³-hybridized carbons (Fsp3) is 0.130. The minimum Gasteiger partial charge on any atom is -0.309 e. The molecular weight excluding hydrogens is 1310 g/mol. The number of fused-ring (bicyclic) bond motifs is 6. The van der Waals surface area contributed by atoms with E-state index in [1.54, 1.807) is 45.5 Å². The van der Waals surface area contributed by atoms with E-state index in [1.807, 2.05) is 0 Å². The lowest BCUT2D eigenvalue weighted by atomic mass is 9.89. The van der Waals surface area contributed by atoms with Gasteiger partial charge in [-0.1, -0.05) is 72.3 Å². The van der Waals surface area contributed by atoms with Crippen molar-refractivity contribution in [2.45, 2.75) is 64.8 Å². The molecule has 0 saturated heterocycles. The Bertz CT molecular complexity index is 5330. The third kappa shape index (κ3) is 12.3. The number of hydrogen-bond acceptors (Lipinski definition) is 0. The maximum absolute atomic E-state index is 15.6. The number of hydrogen-bond donors (Lipinski definition) is 0. The van der Waals surface area contributed by atoms with E-state index in [0.29, 0.717) is 45.1 Å². The molecule has 13 rings (SSSR count). The minimum atomic E-state index is -5.25. The molecule has 0 amide bonds. The summed E-state index contributed by atoms with van der Waals surface area (Å²) in [5, 5.41) is 1.07. The predicted molar refractivity (Wildman–Crippen MR) is 343 cm³/mol. The second kappa shape index (κ2) is 23.2. The highest BCUT2D eigenvalue weighted by Crippen LogP contribution is 2.50. The largest absolute Gasteiger partial charge is 0.417 e. The van der Waals surface area contributed by atoms with Crippen LogP contribution in [0.2, 0.25) is 0 Å². The molecule has 494 valence electrons. The smallest absolute Gasteiger partial charge is 0.309 e. The molecule has 98 heavy (non-hydrogen) atoms. The van der Waals surface area contributed by atoms with E-state index in [9.17, 15) is 65.9 Å².